The van der Waals surface area contributed by atoms with Crippen molar-refractivity contribution in [3.8, 4) is 0 Å². The Labute approximate surface area is 128 Å². The summed E-state index contributed by atoms with van der Waals surface area (Å²) in [6.07, 6.45) is 2.15. The van der Waals surface area contributed by atoms with Gasteiger partial charge in [-0.15, -0.1) is 16.4 Å². The highest BCUT2D eigenvalue weighted by Crippen LogP contribution is 2.30. The van der Waals surface area contributed by atoms with Gasteiger partial charge in [-0.2, -0.15) is 0 Å². The van der Waals surface area contributed by atoms with Crippen molar-refractivity contribution in [2.45, 2.75) is 51.6 Å². The molecule has 1 fully saturated rings. The van der Waals surface area contributed by atoms with Crippen LogP contribution in [0.25, 0.3) is 0 Å². The lowest BCUT2D eigenvalue weighted by atomic mass is 9.96. The third kappa shape index (κ3) is 3.15. The summed E-state index contributed by atoms with van der Waals surface area (Å²) in [6, 6.07) is 4.42. The highest BCUT2D eigenvalue weighted by atomic mass is 32.1. The van der Waals surface area contributed by atoms with Crippen molar-refractivity contribution in [3.63, 3.8) is 0 Å². The molecule has 1 aliphatic carbocycles. The van der Waals surface area contributed by atoms with E-state index in [9.17, 15) is 4.79 Å². The van der Waals surface area contributed by atoms with E-state index in [4.69, 9.17) is 0 Å². The molecular weight excluding hydrogens is 284 g/mol. The van der Waals surface area contributed by atoms with Crippen LogP contribution in [0, 0.1) is 0 Å². The number of nitrogens with zero attached hydrogens (tertiary/aromatic N) is 3. The van der Waals surface area contributed by atoms with Gasteiger partial charge in [-0.1, -0.05) is 26.8 Å². The van der Waals surface area contributed by atoms with Crippen molar-refractivity contribution in [1.29, 1.82) is 0 Å². The van der Waals surface area contributed by atoms with Crippen LogP contribution in [0.15, 0.2) is 17.5 Å². The van der Waals surface area contributed by atoms with Crippen molar-refractivity contribution in [2.75, 3.05) is 0 Å². The number of hydrogen-bond acceptors (Lipinski definition) is 4. The number of aromatic nitrogens is 3. The maximum atomic E-state index is 12.7. The smallest absolute Gasteiger partial charge is 0.294 e. The van der Waals surface area contributed by atoms with Crippen molar-refractivity contribution < 1.29 is 4.79 Å². The molecule has 21 heavy (non-hydrogen) atoms. The minimum Gasteiger partial charge on any atom is -0.328 e. The molecule has 5 nitrogen and oxygen atoms in total. The van der Waals surface area contributed by atoms with Crippen molar-refractivity contribution in [2.24, 2.45) is 0 Å². The number of carbonyl (C=O) groups is 1. The molecule has 2 aromatic rings. The molecule has 6 heteroatoms. The minimum absolute atomic E-state index is 0.0716. The molecular formula is C15H20N4OS. The third-order valence-corrected chi connectivity index (χ3v) is 4.40. The zero-order chi connectivity index (χ0) is 15.0. The Hall–Kier alpha value is -1.69. The zero-order valence-corrected chi connectivity index (χ0v) is 13.4. The summed E-state index contributed by atoms with van der Waals surface area (Å²) in [5.74, 6) is 0.957. The Morgan fingerprint density at radius 3 is 2.76 bits per heavy atom. The Morgan fingerprint density at radius 1 is 1.48 bits per heavy atom. The second-order valence-corrected chi connectivity index (χ2v) is 7.53. The fourth-order valence-corrected chi connectivity index (χ4v) is 2.85. The largest absolute Gasteiger partial charge is 0.328 e. The number of rotatable bonds is 4. The van der Waals surface area contributed by atoms with Crippen molar-refractivity contribution >= 4 is 17.2 Å². The molecule has 1 N–H and O–H groups in total. The van der Waals surface area contributed by atoms with Gasteiger partial charge in [0.05, 0.1) is 6.54 Å². The number of hydrogen-bond donors (Lipinski definition) is 1. The summed E-state index contributed by atoms with van der Waals surface area (Å²) in [4.78, 5) is 20.2. The summed E-state index contributed by atoms with van der Waals surface area (Å²) in [6.45, 7) is 6.80. The molecule has 1 saturated carbocycles. The Bertz CT molecular complexity index is 622. The van der Waals surface area contributed by atoms with Gasteiger partial charge in [0.25, 0.3) is 5.91 Å². The lowest BCUT2D eigenvalue weighted by Crippen LogP contribution is -2.33. The molecule has 0 aliphatic heterocycles. The van der Waals surface area contributed by atoms with Gasteiger partial charge in [0.15, 0.2) is 0 Å². The molecule has 0 spiro atoms. The van der Waals surface area contributed by atoms with E-state index in [2.05, 4.69) is 21.2 Å². The van der Waals surface area contributed by atoms with Crippen LogP contribution in [0.4, 0.5) is 0 Å². The minimum atomic E-state index is -0.135. The molecule has 1 aliphatic rings. The van der Waals surface area contributed by atoms with Gasteiger partial charge in [0.2, 0.25) is 5.82 Å². The van der Waals surface area contributed by atoms with E-state index in [0.29, 0.717) is 12.6 Å². The van der Waals surface area contributed by atoms with Gasteiger partial charge in [0, 0.05) is 16.3 Å². The standard InChI is InChI=1S/C15H20N4OS/c1-15(2,3)14-16-12(17-18-14)13(20)19(10-6-7-10)9-11-5-4-8-21-11/h4-5,8,10H,6-7,9H2,1-3H3,(H,16,17,18). The number of thiophene rings is 1. The highest BCUT2D eigenvalue weighted by molar-refractivity contribution is 7.09. The Kier molecular flexibility index (Phi) is 3.57. The van der Waals surface area contributed by atoms with E-state index in [1.165, 1.54) is 4.88 Å². The van der Waals surface area contributed by atoms with Gasteiger partial charge in [0.1, 0.15) is 5.82 Å². The number of aromatic amines is 1. The summed E-state index contributed by atoms with van der Waals surface area (Å²) < 4.78 is 0. The van der Waals surface area contributed by atoms with Crippen LogP contribution in [0.2, 0.25) is 0 Å². The number of amides is 1. The van der Waals surface area contributed by atoms with Crippen LogP contribution in [-0.2, 0) is 12.0 Å². The first-order chi connectivity index (χ1) is 9.95. The maximum absolute atomic E-state index is 12.7. The lowest BCUT2D eigenvalue weighted by molar-refractivity contribution is 0.0719. The monoisotopic (exact) mass is 304 g/mol. The summed E-state index contributed by atoms with van der Waals surface area (Å²) in [5.41, 5.74) is -0.135. The number of carbonyl (C=O) groups excluding carboxylic acids is 1. The molecule has 2 aromatic heterocycles. The van der Waals surface area contributed by atoms with Crippen LogP contribution in [-0.4, -0.2) is 32.0 Å². The fourth-order valence-electron chi connectivity index (χ4n) is 2.14. The number of nitrogens with one attached hydrogen (secondary N) is 1. The predicted octanol–water partition coefficient (Wildman–Crippen LogP) is 2.97. The van der Waals surface area contributed by atoms with Crippen LogP contribution < -0.4 is 0 Å². The van der Waals surface area contributed by atoms with E-state index in [1.807, 2.05) is 37.1 Å². The topological polar surface area (TPSA) is 61.9 Å². The molecule has 0 unspecified atom stereocenters. The average molecular weight is 304 g/mol. The second-order valence-electron chi connectivity index (χ2n) is 6.50. The third-order valence-electron chi connectivity index (χ3n) is 3.54. The zero-order valence-electron chi connectivity index (χ0n) is 12.6. The quantitative estimate of drug-likeness (QED) is 0.944. The van der Waals surface area contributed by atoms with E-state index in [-0.39, 0.29) is 17.1 Å². The van der Waals surface area contributed by atoms with E-state index in [1.54, 1.807) is 11.3 Å². The summed E-state index contributed by atoms with van der Waals surface area (Å²) >= 11 is 1.68. The maximum Gasteiger partial charge on any atom is 0.294 e. The van der Waals surface area contributed by atoms with Crippen molar-refractivity contribution in [1.82, 2.24) is 20.1 Å². The van der Waals surface area contributed by atoms with Crippen LogP contribution in [0.5, 0.6) is 0 Å². The van der Waals surface area contributed by atoms with Crippen molar-refractivity contribution in [3.05, 3.63) is 34.0 Å². The van der Waals surface area contributed by atoms with Crippen LogP contribution >= 0.6 is 11.3 Å². The first kappa shape index (κ1) is 14.3. The summed E-state index contributed by atoms with van der Waals surface area (Å²) in [7, 11) is 0. The van der Waals surface area contributed by atoms with E-state index >= 15 is 0 Å². The van der Waals surface area contributed by atoms with Gasteiger partial charge in [-0.25, -0.2) is 4.98 Å². The van der Waals surface area contributed by atoms with Gasteiger partial charge < -0.3 is 4.90 Å². The van der Waals surface area contributed by atoms with Crippen LogP contribution in [0.1, 0.15) is 54.9 Å². The molecule has 112 valence electrons. The van der Waals surface area contributed by atoms with E-state index < -0.39 is 0 Å². The SMILES string of the molecule is CC(C)(C)c1nc(C(=O)N(Cc2cccs2)C2CC2)n[nH]1. The molecule has 0 aromatic carbocycles. The molecule has 0 atom stereocenters. The van der Waals surface area contributed by atoms with Crippen LogP contribution in [0.3, 0.4) is 0 Å². The molecule has 1 amide bonds. The first-order valence-electron chi connectivity index (χ1n) is 7.21. The van der Waals surface area contributed by atoms with E-state index in [0.717, 1.165) is 18.7 Å². The average Bonchev–Trinajstić information content (AvgIpc) is 2.94. The molecule has 2 heterocycles. The first-order valence-corrected chi connectivity index (χ1v) is 8.09. The molecule has 0 saturated heterocycles. The fraction of sp³-hybridized carbons (Fsp3) is 0.533. The lowest BCUT2D eigenvalue weighted by Gasteiger charge is -2.20. The second kappa shape index (κ2) is 5.26. The molecule has 3 rings (SSSR count). The number of H-pyrrole nitrogens is 1. The predicted molar refractivity (Wildman–Crippen MR) is 82.3 cm³/mol. The van der Waals surface area contributed by atoms with Gasteiger partial charge >= 0.3 is 0 Å². The Morgan fingerprint density at radius 2 is 2.24 bits per heavy atom. The highest BCUT2D eigenvalue weighted by Gasteiger charge is 2.35. The summed E-state index contributed by atoms with van der Waals surface area (Å²) in [5, 5.41) is 9.05. The van der Waals surface area contributed by atoms with Gasteiger partial charge in [-0.05, 0) is 24.3 Å². The normalized spacial score (nSPS) is 15.2. The molecule has 0 radical (unpaired) electrons. The molecule has 0 bridgehead atoms. The Balaban J connectivity index is 1.79. The van der Waals surface area contributed by atoms with Gasteiger partial charge in [-0.3, -0.25) is 9.89 Å².